The number of nitrogens with zero attached hydrogens (tertiary/aromatic N) is 1. The van der Waals surface area contributed by atoms with Crippen molar-refractivity contribution in [1.82, 2.24) is 0 Å². The number of ether oxygens (including phenoxy) is 2. The molecule has 0 saturated carbocycles. The van der Waals surface area contributed by atoms with Gasteiger partial charge in [-0.05, 0) is 42.8 Å². The Hall–Kier alpha value is -4.18. The molecule has 0 unspecified atom stereocenters. The van der Waals surface area contributed by atoms with Crippen molar-refractivity contribution in [2.75, 3.05) is 6.61 Å². The lowest BCUT2D eigenvalue weighted by Crippen LogP contribution is -2.17. The highest BCUT2D eigenvalue weighted by molar-refractivity contribution is 6.00. The molecular weight excluding hydrogens is 411 g/mol. The van der Waals surface area contributed by atoms with Crippen molar-refractivity contribution in [1.29, 1.82) is 5.26 Å². The van der Waals surface area contributed by atoms with Crippen molar-refractivity contribution < 1.29 is 23.5 Å². The first-order valence-corrected chi connectivity index (χ1v) is 9.86. The number of halogens is 1. The zero-order valence-electron chi connectivity index (χ0n) is 17.4. The number of rotatable bonds is 4. The molecule has 1 heterocycles. The first-order valence-electron chi connectivity index (χ1n) is 9.86. The molecule has 6 nitrogen and oxygen atoms in total. The first kappa shape index (κ1) is 22.5. The van der Waals surface area contributed by atoms with Gasteiger partial charge in [-0.3, -0.25) is 9.59 Å². The van der Waals surface area contributed by atoms with Gasteiger partial charge in [0.05, 0.1) is 23.8 Å². The number of benzene rings is 3. The molecule has 0 bridgehead atoms. The van der Waals surface area contributed by atoms with Gasteiger partial charge in [0.1, 0.15) is 12.4 Å². The van der Waals surface area contributed by atoms with Gasteiger partial charge < -0.3 is 15.2 Å². The molecule has 162 valence electrons. The molecule has 0 aliphatic carbocycles. The molecule has 4 rings (SSSR count). The minimum absolute atomic E-state index is 0.0702. The standard InChI is InChI=1S/C18H14FNO3.C7H7NO/c1-11-17-14(16(21)5-6-22-17)8-15(19)18(11)23-10-13-4-2-3-12(7-13)9-20;8-7(9)6-4-2-1-3-5-6/h2-4,7-8H,5-6,10H2,1H3;1-5H,(H2,8,9). The third kappa shape index (κ3) is 5.29. The molecule has 0 atom stereocenters. The van der Waals surface area contributed by atoms with Crippen LogP contribution in [0.5, 0.6) is 11.5 Å². The molecule has 3 aromatic carbocycles. The van der Waals surface area contributed by atoms with Gasteiger partial charge in [-0.1, -0.05) is 30.3 Å². The third-order valence-electron chi connectivity index (χ3n) is 4.79. The minimum Gasteiger partial charge on any atom is -0.492 e. The van der Waals surface area contributed by atoms with Crippen LogP contribution in [0.4, 0.5) is 4.39 Å². The summed E-state index contributed by atoms with van der Waals surface area (Å²) in [7, 11) is 0. The van der Waals surface area contributed by atoms with Crippen LogP contribution < -0.4 is 15.2 Å². The molecule has 7 heteroatoms. The fourth-order valence-electron chi connectivity index (χ4n) is 3.18. The second-order valence-electron chi connectivity index (χ2n) is 7.04. The summed E-state index contributed by atoms with van der Waals surface area (Å²) in [5.74, 6) is -0.627. The normalized spacial score (nSPS) is 11.8. The van der Waals surface area contributed by atoms with Crippen LogP contribution in [0.25, 0.3) is 0 Å². The number of nitrogens with two attached hydrogens (primary N) is 1. The van der Waals surface area contributed by atoms with Gasteiger partial charge in [-0.15, -0.1) is 0 Å². The van der Waals surface area contributed by atoms with Gasteiger partial charge >= 0.3 is 0 Å². The molecule has 1 aliphatic heterocycles. The summed E-state index contributed by atoms with van der Waals surface area (Å²) in [5.41, 5.74) is 7.55. The van der Waals surface area contributed by atoms with Crippen molar-refractivity contribution in [2.24, 2.45) is 5.73 Å². The van der Waals surface area contributed by atoms with E-state index in [1.165, 1.54) is 6.07 Å². The number of nitriles is 1. The van der Waals surface area contributed by atoms with Crippen LogP contribution in [-0.2, 0) is 6.61 Å². The summed E-state index contributed by atoms with van der Waals surface area (Å²) >= 11 is 0. The molecule has 2 N–H and O–H groups in total. The molecule has 0 saturated heterocycles. The van der Waals surface area contributed by atoms with Crippen molar-refractivity contribution in [2.45, 2.75) is 20.0 Å². The molecule has 1 amide bonds. The molecule has 1 aliphatic rings. The third-order valence-corrected chi connectivity index (χ3v) is 4.79. The van der Waals surface area contributed by atoms with E-state index in [0.717, 1.165) is 5.56 Å². The number of amides is 1. The van der Waals surface area contributed by atoms with Crippen LogP contribution in [0.3, 0.4) is 0 Å². The van der Waals surface area contributed by atoms with Gasteiger partial charge in [-0.2, -0.15) is 5.26 Å². The number of carbonyl (C=O) groups is 2. The van der Waals surface area contributed by atoms with E-state index in [-0.39, 0.29) is 36.0 Å². The summed E-state index contributed by atoms with van der Waals surface area (Å²) in [6.07, 6.45) is 0.257. The number of primary amides is 1. The number of Topliss-reactive ketones (excluding diaryl/α,β-unsaturated/α-hetero) is 1. The van der Waals surface area contributed by atoms with Gasteiger partial charge in [0.15, 0.2) is 17.3 Å². The quantitative estimate of drug-likeness (QED) is 0.661. The van der Waals surface area contributed by atoms with E-state index in [1.54, 1.807) is 55.5 Å². The highest BCUT2D eigenvalue weighted by Crippen LogP contribution is 2.37. The van der Waals surface area contributed by atoms with Crippen LogP contribution in [0, 0.1) is 24.1 Å². The minimum atomic E-state index is -0.587. The Morgan fingerprint density at radius 3 is 2.59 bits per heavy atom. The van der Waals surface area contributed by atoms with E-state index in [1.807, 2.05) is 12.1 Å². The number of ketones is 1. The van der Waals surface area contributed by atoms with Gasteiger partial charge in [0, 0.05) is 17.5 Å². The molecular formula is C25H21FN2O4. The van der Waals surface area contributed by atoms with Crippen LogP contribution in [0.2, 0.25) is 0 Å². The lowest BCUT2D eigenvalue weighted by molar-refractivity contribution is 0.0930. The number of hydrogen-bond donors (Lipinski definition) is 1. The Balaban J connectivity index is 0.000000269. The van der Waals surface area contributed by atoms with E-state index >= 15 is 0 Å². The zero-order valence-corrected chi connectivity index (χ0v) is 17.4. The number of carbonyl (C=O) groups excluding carboxylic acids is 2. The maximum absolute atomic E-state index is 14.3. The van der Waals surface area contributed by atoms with Crippen LogP contribution >= 0.6 is 0 Å². The summed E-state index contributed by atoms with van der Waals surface area (Å²) in [6.45, 7) is 2.09. The Morgan fingerprint density at radius 1 is 1.19 bits per heavy atom. The largest absolute Gasteiger partial charge is 0.492 e. The Bertz CT molecular complexity index is 1190. The Kier molecular flexibility index (Phi) is 7.19. The second kappa shape index (κ2) is 10.2. The maximum Gasteiger partial charge on any atom is 0.248 e. The highest BCUT2D eigenvalue weighted by Gasteiger charge is 2.25. The summed E-state index contributed by atoms with van der Waals surface area (Å²) < 4.78 is 25.4. The summed E-state index contributed by atoms with van der Waals surface area (Å²) in [5, 5.41) is 8.89. The fraction of sp³-hybridized carbons (Fsp3) is 0.160. The summed E-state index contributed by atoms with van der Waals surface area (Å²) in [6, 6.07) is 18.9. The average molecular weight is 432 g/mol. The SMILES string of the molecule is Cc1c(OCc2cccc(C#N)c2)c(F)cc2c1OCCC2=O.NC(=O)c1ccccc1. The molecule has 0 fully saturated rings. The van der Waals surface area contributed by atoms with Crippen LogP contribution in [-0.4, -0.2) is 18.3 Å². The second-order valence-corrected chi connectivity index (χ2v) is 7.04. The van der Waals surface area contributed by atoms with Crippen molar-refractivity contribution in [3.05, 3.63) is 94.3 Å². The lowest BCUT2D eigenvalue weighted by atomic mass is 10.0. The van der Waals surface area contributed by atoms with E-state index < -0.39 is 5.82 Å². The van der Waals surface area contributed by atoms with Crippen molar-refractivity contribution >= 4 is 11.7 Å². The number of fused-ring (bicyclic) bond motifs is 1. The summed E-state index contributed by atoms with van der Waals surface area (Å²) in [4.78, 5) is 22.3. The average Bonchev–Trinajstić information content (AvgIpc) is 2.81. The Morgan fingerprint density at radius 2 is 1.94 bits per heavy atom. The molecule has 0 spiro atoms. The maximum atomic E-state index is 14.3. The monoisotopic (exact) mass is 432 g/mol. The smallest absolute Gasteiger partial charge is 0.248 e. The molecule has 32 heavy (non-hydrogen) atoms. The lowest BCUT2D eigenvalue weighted by Gasteiger charge is -2.21. The number of hydrogen-bond acceptors (Lipinski definition) is 5. The predicted octanol–water partition coefficient (Wildman–Crippen LogP) is 4.34. The first-order chi connectivity index (χ1) is 15.4. The van der Waals surface area contributed by atoms with E-state index in [2.05, 4.69) is 0 Å². The topological polar surface area (TPSA) is 102 Å². The van der Waals surface area contributed by atoms with E-state index in [9.17, 15) is 14.0 Å². The van der Waals surface area contributed by atoms with Crippen LogP contribution in [0.15, 0.2) is 60.7 Å². The predicted molar refractivity (Wildman–Crippen MR) is 116 cm³/mol. The fourth-order valence-corrected chi connectivity index (χ4v) is 3.18. The molecule has 0 aromatic heterocycles. The van der Waals surface area contributed by atoms with Crippen LogP contribution in [0.1, 0.15) is 43.8 Å². The van der Waals surface area contributed by atoms with Gasteiger partial charge in [-0.25, -0.2) is 4.39 Å². The van der Waals surface area contributed by atoms with Gasteiger partial charge in [0.2, 0.25) is 5.91 Å². The zero-order chi connectivity index (χ0) is 23.1. The highest BCUT2D eigenvalue weighted by atomic mass is 19.1. The van der Waals surface area contributed by atoms with Gasteiger partial charge in [0.25, 0.3) is 0 Å². The van der Waals surface area contributed by atoms with Crippen molar-refractivity contribution in [3.8, 4) is 17.6 Å². The van der Waals surface area contributed by atoms with Crippen molar-refractivity contribution in [3.63, 3.8) is 0 Å². The van der Waals surface area contributed by atoms with E-state index in [0.29, 0.717) is 29.0 Å². The molecule has 0 radical (unpaired) electrons. The molecule has 3 aromatic rings. The Labute approximate surface area is 185 Å². The van der Waals surface area contributed by atoms with E-state index in [4.69, 9.17) is 20.5 Å².